The molecule has 21 heavy (non-hydrogen) atoms. The molecule has 0 aliphatic heterocycles. The number of aromatic amines is 1. The van der Waals surface area contributed by atoms with Gasteiger partial charge < -0.3 is 4.74 Å². The third kappa shape index (κ3) is 3.75. The summed E-state index contributed by atoms with van der Waals surface area (Å²) in [5.41, 5.74) is 2.93. The van der Waals surface area contributed by atoms with Gasteiger partial charge in [-0.25, -0.2) is 0 Å². The topological polar surface area (TPSA) is 55.0 Å². The van der Waals surface area contributed by atoms with Crippen LogP contribution in [0.1, 0.15) is 27.3 Å². The Hall–Kier alpha value is -2.50. The average molecular weight is 292 g/mol. The number of nitrogens with one attached hydrogen (secondary N) is 1. The highest BCUT2D eigenvalue weighted by atomic mass is 19.3. The number of alkyl halides is 2. The van der Waals surface area contributed by atoms with Gasteiger partial charge in [-0.1, -0.05) is 0 Å². The normalized spacial score (nSPS) is 11.3. The van der Waals surface area contributed by atoms with Gasteiger partial charge in [-0.3, -0.25) is 9.89 Å². The second kappa shape index (κ2) is 6.30. The zero-order valence-electron chi connectivity index (χ0n) is 11.6. The molecule has 0 radical (unpaired) electrons. The number of benzene rings is 1. The average Bonchev–Trinajstić information content (AvgIpc) is 2.75. The SMILES string of the molecule is Cc1n[nH]c(C)c1C=CC(=O)c1ccc(OC(F)F)cc1. The second-order valence-corrected chi connectivity index (χ2v) is 4.45. The Labute approximate surface area is 120 Å². The van der Waals surface area contributed by atoms with Crippen LogP contribution in [0.4, 0.5) is 8.78 Å². The van der Waals surface area contributed by atoms with Crippen LogP contribution in [0, 0.1) is 13.8 Å². The number of allylic oxidation sites excluding steroid dienone is 1. The summed E-state index contributed by atoms with van der Waals surface area (Å²) in [5.74, 6) is -0.203. The summed E-state index contributed by atoms with van der Waals surface area (Å²) < 4.78 is 28.3. The van der Waals surface area contributed by atoms with Crippen molar-refractivity contribution >= 4 is 11.9 Å². The highest BCUT2D eigenvalue weighted by Gasteiger charge is 2.07. The third-order valence-corrected chi connectivity index (χ3v) is 2.95. The van der Waals surface area contributed by atoms with Gasteiger partial charge in [0, 0.05) is 16.8 Å². The quantitative estimate of drug-likeness (QED) is 0.677. The third-order valence-electron chi connectivity index (χ3n) is 2.95. The monoisotopic (exact) mass is 292 g/mol. The maximum absolute atomic E-state index is 12.0. The largest absolute Gasteiger partial charge is 0.435 e. The molecule has 0 amide bonds. The van der Waals surface area contributed by atoms with E-state index >= 15 is 0 Å². The highest BCUT2D eigenvalue weighted by molar-refractivity contribution is 6.06. The van der Waals surface area contributed by atoms with Crippen LogP contribution in [0.2, 0.25) is 0 Å². The van der Waals surface area contributed by atoms with Gasteiger partial charge in [0.2, 0.25) is 0 Å². The van der Waals surface area contributed by atoms with Crippen LogP contribution < -0.4 is 4.74 Å². The Kier molecular flexibility index (Phi) is 4.47. The zero-order valence-corrected chi connectivity index (χ0v) is 11.6. The fourth-order valence-corrected chi connectivity index (χ4v) is 1.86. The van der Waals surface area contributed by atoms with Crippen molar-refractivity contribution in [1.29, 1.82) is 0 Å². The molecule has 0 bridgehead atoms. The molecule has 0 fully saturated rings. The van der Waals surface area contributed by atoms with Crippen molar-refractivity contribution in [3.05, 3.63) is 52.9 Å². The number of rotatable bonds is 5. The van der Waals surface area contributed by atoms with Crippen molar-refractivity contribution in [2.45, 2.75) is 20.5 Å². The Bertz CT molecular complexity index is 641. The minimum Gasteiger partial charge on any atom is -0.435 e. The number of halogens is 2. The minimum absolute atomic E-state index is 0.0204. The maximum atomic E-state index is 12.0. The van der Waals surface area contributed by atoms with Gasteiger partial charge in [-0.2, -0.15) is 13.9 Å². The minimum atomic E-state index is -2.88. The molecule has 0 atom stereocenters. The first kappa shape index (κ1) is 14.9. The van der Waals surface area contributed by atoms with E-state index in [1.807, 2.05) is 13.8 Å². The lowest BCUT2D eigenvalue weighted by Crippen LogP contribution is -2.02. The van der Waals surface area contributed by atoms with Gasteiger partial charge in [0.05, 0.1) is 5.69 Å². The summed E-state index contributed by atoms with van der Waals surface area (Å²) in [5, 5.41) is 6.86. The summed E-state index contributed by atoms with van der Waals surface area (Å²) >= 11 is 0. The molecule has 6 heteroatoms. The summed E-state index contributed by atoms with van der Waals surface area (Å²) in [6, 6.07) is 5.56. The molecule has 2 rings (SSSR count). The van der Waals surface area contributed by atoms with E-state index in [2.05, 4.69) is 14.9 Å². The molecular weight excluding hydrogens is 278 g/mol. The Balaban J connectivity index is 2.10. The zero-order chi connectivity index (χ0) is 15.4. The van der Waals surface area contributed by atoms with Crippen molar-refractivity contribution in [1.82, 2.24) is 10.2 Å². The van der Waals surface area contributed by atoms with Crippen LogP contribution in [-0.4, -0.2) is 22.6 Å². The van der Waals surface area contributed by atoms with Gasteiger partial charge in [0.1, 0.15) is 5.75 Å². The van der Waals surface area contributed by atoms with Crippen LogP contribution in [0.5, 0.6) is 5.75 Å². The molecular formula is C15H14F2N2O2. The van der Waals surface area contributed by atoms with E-state index in [9.17, 15) is 13.6 Å². The number of carbonyl (C=O) groups excluding carboxylic acids is 1. The van der Waals surface area contributed by atoms with Gasteiger partial charge in [0.25, 0.3) is 0 Å². The lowest BCUT2D eigenvalue weighted by atomic mass is 10.1. The lowest BCUT2D eigenvalue weighted by molar-refractivity contribution is -0.0498. The number of aromatic nitrogens is 2. The van der Waals surface area contributed by atoms with E-state index in [0.29, 0.717) is 5.56 Å². The molecule has 110 valence electrons. The molecule has 1 aromatic heterocycles. The number of carbonyl (C=O) groups is 1. The number of hydrogen-bond acceptors (Lipinski definition) is 3. The molecule has 0 unspecified atom stereocenters. The van der Waals surface area contributed by atoms with Crippen molar-refractivity contribution in [2.75, 3.05) is 0 Å². The second-order valence-electron chi connectivity index (χ2n) is 4.45. The Morgan fingerprint density at radius 3 is 2.48 bits per heavy atom. The molecule has 2 aromatic rings. The fourth-order valence-electron chi connectivity index (χ4n) is 1.86. The number of H-pyrrole nitrogens is 1. The number of aryl methyl sites for hydroxylation is 2. The number of nitrogens with zero attached hydrogens (tertiary/aromatic N) is 1. The first-order valence-corrected chi connectivity index (χ1v) is 6.26. The van der Waals surface area contributed by atoms with Crippen molar-refractivity contribution in [3.63, 3.8) is 0 Å². The predicted molar refractivity (Wildman–Crippen MR) is 74.5 cm³/mol. The molecule has 1 heterocycles. The van der Waals surface area contributed by atoms with Crippen molar-refractivity contribution in [3.8, 4) is 5.75 Å². The van der Waals surface area contributed by atoms with Crippen LogP contribution >= 0.6 is 0 Å². The van der Waals surface area contributed by atoms with Crippen LogP contribution in [0.25, 0.3) is 6.08 Å². The molecule has 0 saturated carbocycles. The molecule has 0 spiro atoms. The molecule has 1 N–H and O–H groups in total. The van der Waals surface area contributed by atoms with Gasteiger partial charge in [-0.15, -0.1) is 0 Å². The molecule has 4 nitrogen and oxygen atoms in total. The maximum Gasteiger partial charge on any atom is 0.387 e. The Morgan fingerprint density at radius 2 is 1.95 bits per heavy atom. The van der Waals surface area contributed by atoms with Gasteiger partial charge in [0.15, 0.2) is 5.78 Å². The predicted octanol–water partition coefficient (Wildman–Crippen LogP) is 3.52. The molecule has 1 aromatic carbocycles. The van der Waals surface area contributed by atoms with E-state index in [4.69, 9.17) is 0 Å². The summed E-state index contributed by atoms with van der Waals surface area (Å²) in [6.07, 6.45) is 3.11. The highest BCUT2D eigenvalue weighted by Crippen LogP contribution is 2.16. The van der Waals surface area contributed by atoms with Crippen LogP contribution in [0.15, 0.2) is 30.3 Å². The first-order valence-electron chi connectivity index (χ1n) is 6.26. The molecule has 0 aliphatic carbocycles. The summed E-state index contributed by atoms with van der Waals surface area (Å²) in [6.45, 7) is 0.823. The van der Waals surface area contributed by atoms with Crippen molar-refractivity contribution in [2.24, 2.45) is 0 Å². The smallest absolute Gasteiger partial charge is 0.387 e. The lowest BCUT2D eigenvalue weighted by Gasteiger charge is -2.04. The molecule has 0 aliphatic rings. The van der Waals surface area contributed by atoms with E-state index in [-0.39, 0.29) is 11.5 Å². The van der Waals surface area contributed by atoms with Crippen molar-refractivity contribution < 1.29 is 18.3 Å². The van der Waals surface area contributed by atoms with Gasteiger partial charge >= 0.3 is 6.61 Å². The summed E-state index contributed by atoms with van der Waals surface area (Å²) in [4.78, 5) is 12.0. The van der Waals surface area contributed by atoms with Crippen LogP contribution in [0.3, 0.4) is 0 Å². The molecule has 0 saturated heterocycles. The number of ether oxygens (including phenoxy) is 1. The standard InChI is InChI=1S/C15H14F2N2O2/c1-9-13(10(2)19-18-9)7-8-14(20)11-3-5-12(6-4-11)21-15(16)17/h3-8,15H,1-2H3,(H,18,19). The Morgan fingerprint density at radius 1 is 1.29 bits per heavy atom. The number of ketones is 1. The van der Waals surface area contributed by atoms with Crippen LogP contribution in [-0.2, 0) is 0 Å². The van der Waals surface area contributed by atoms with Gasteiger partial charge in [-0.05, 0) is 50.3 Å². The summed E-state index contributed by atoms with van der Waals surface area (Å²) in [7, 11) is 0. The van der Waals surface area contributed by atoms with E-state index in [0.717, 1.165) is 17.0 Å². The number of hydrogen-bond donors (Lipinski definition) is 1. The van der Waals surface area contributed by atoms with E-state index in [1.54, 1.807) is 6.08 Å². The first-order chi connectivity index (χ1) is 9.97. The van der Waals surface area contributed by atoms with E-state index in [1.165, 1.54) is 30.3 Å². The van der Waals surface area contributed by atoms with E-state index < -0.39 is 6.61 Å². The fraction of sp³-hybridized carbons (Fsp3) is 0.200.